The Kier molecular flexibility index (Phi) is 2.49. The van der Waals surface area contributed by atoms with Crippen LogP contribution in [-0.4, -0.2) is 30.1 Å². The molecule has 3 nitrogen and oxygen atoms in total. The number of rotatable bonds is 2. The van der Waals surface area contributed by atoms with E-state index >= 15 is 0 Å². The van der Waals surface area contributed by atoms with Crippen molar-refractivity contribution in [3.8, 4) is 0 Å². The van der Waals surface area contributed by atoms with Crippen LogP contribution in [-0.2, 0) is 4.79 Å². The number of carbonyl (C=O) groups excluding carboxylic acids is 1. The van der Waals surface area contributed by atoms with Crippen LogP contribution in [0.3, 0.4) is 0 Å². The number of hydrogen-bond acceptors (Lipinski definition) is 2. The third-order valence-electron chi connectivity index (χ3n) is 2.34. The molecule has 0 aromatic carbocycles. The van der Waals surface area contributed by atoms with Gasteiger partial charge in [-0.15, -0.1) is 0 Å². The topological polar surface area (TPSA) is 32.3 Å². The Balaban J connectivity index is 2.52. The molecule has 1 atom stereocenters. The molecule has 1 unspecified atom stereocenters. The van der Waals surface area contributed by atoms with Crippen LogP contribution in [0.4, 0.5) is 0 Å². The van der Waals surface area contributed by atoms with Crippen molar-refractivity contribution in [1.29, 1.82) is 0 Å². The molecule has 0 aromatic heterocycles. The molecule has 1 amide bonds. The van der Waals surface area contributed by atoms with E-state index in [0.717, 1.165) is 6.67 Å². The summed E-state index contributed by atoms with van der Waals surface area (Å²) < 4.78 is 0. The Morgan fingerprint density at radius 1 is 1.45 bits per heavy atom. The van der Waals surface area contributed by atoms with E-state index in [-0.39, 0.29) is 5.91 Å². The van der Waals surface area contributed by atoms with Gasteiger partial charge in [-0.25, -0.2) is 0 Å². The van der Waals surface area contributed by atoms with E-state index in [0.29, 0.717) is 18.5 Å². The van der Waals surface area contributed by atoms with Gasteiger partial charge in [0.05, 0.1) is 13.2 Å². The van der Waals surface area contributed by atoms with Crippen molar-refractivity contribution in [2.75, 3.05) is 13.2 Å². The van der Waals surface area contributed by atoms with Gasteiger partial charge in [-0.05, 0) is 12.8 Å². The summed E-state index contributed by atoms with van der Waals surface area (Å²) in [6, 6.07) is 0.359. The maximum atomic E-state index is 11.2. The van der Waals surface area contributed by atoms with E-state index in [1.807, 2.05) is 4.90 Å². The molecule has 3 heteroatoms. The second-order valence-corrected chi connectivity index (χ2v) is 3.43. The fourth-order valence-electron chi connectivity index (χ4n) is 1.20. The van der Waals surface area contributed by atoms with Gasteiger partial charge in [0.1, 0.15) is 0 Å². The third-order valence-corrected chi connectivity index (χ3v) is 2.34. The highest BCUT2D eigenvalue weighted by Crippen LogP contribution is 2.11. The normalized spacial score (nSPS) is 21.5. The van der Waals surface area contributed by atoms with Crippen molar-refractivity contribution in [1.82, 2.24) is 10.2 Å². The van der Waals surface area contributed by atoms with Crippen LogP contribution in [0.2, 0.25) is 0 Å². The van der Waals surface area contributed by atoms with E-state index in [1.165, 1.54) is 0 Å². The fraction of sp³-hybridized carbons (Fsp3) is 0.875. The summed E-state index contributed by atoms with van der Waals surface area (Å²) >= 11 is 0. The van der Waals surface area contributed by atoms with E-state index in [9.17, 15) is 4.79 Å². The van der Waals surface area contributed by atoms with Gasteiger partial charge < -0.3 is 4.90 Å². The van der Waals surface area contributed by atoms with Crippen molar-refractivity contribution in [3.05, 3.63) is 0 Å². The van der Waals surface area contributed by atoms with Gasteiger partial charge in [-0.2, -0.15) is 0 Å². The summed E-state index contributed by atoms with van der Waals surface area (Å²) in [7, 11) is 0. The minimum Gasteiger partial charge on any atom is -0.326 e. The fourth-order valence-corrected chi connectivity index (χ4v) is 1.20. The van der Waals surface area contributed by atoms with Crippen LogP contribution in [0.1, 0.15) is 20.8 Å². The molecule has 1 N–H and O–H groups in total. The van der Waals surface area contributed by atoms with Gasteiger partial charge in [0.25, 0.3) is 0 Å². The second-order valence-electron chi connectivity index (χ2n) is 3.43. The van der Waals surface area contributed by atoms with Crippen molar-refractivity contribution < 1.29 is 4.79 Å². The predicted molar refractivity (Wildman–Crippen MR) is 44.0 cm³/mol. The van der Waals surface area contributed by atoms with Crippen LogP contribution in [0.5, 0.6) is 0 Å². The standard InChI is InChI=1S/C8H16N2O/c1-6(2)7(3)10-5-9-4-8(10)11/h6-7,9H,4-5H2,1-3H3. The molecule has 0 aliphatic carbocycles. The lowest BCUT2D eigenvalue weighted by atomic mass is 10.1. The zero-order chi connectivity index (χ0) is 8.43. The Labute approximate surface area is 67.8 Å². The quantitative estimate of drug-likeness (QED) is 0.628. The largest absolute Gasteiger partial charge is 0.326 e. The second kappa shape index (κ2) is 3.22. The van der Waals surface area contributed by atoms with Crippen molar-refractivity contribution in [2.45, 2.75) is 26.8 Å². The molecular weight excluding hydrogens is 140 g/mol. The smallest absolute Gasteiger partial charge is 0.237 e. The first-order valence-corrected chi connectivity index (χ1v) is 4.13. The van der Waals surface area contributed by atoms with Gasteiger partial charge >= 0.3 is 0 Å². The first kappa shape index (κ1) is 8.53. The van der Waals surface area contributed by atoms with E-state index < -0.39 is 0 Å². The molecule has 1 fully saturated rings. The highest BCUT2D eigenvalue weighted by molar-refractivity contribution is 5.80. The Hall–Kier alpha value is -0.570. The lowest BCUT2D eigenvalue weighted by molar-refractivity contribution is -0.129. The van der Waals surface area contributed by atoms with Crippen molar-refractivity contribution in [2.24, 2.45) is 5.92 Å². The molecule has 0 saturated carbocycles. The van der Waals surface area contributed by atoms with E-state index in [2.05, 4.69) is 26.1 Å². The van der Waals surface area contributed by atoms with Gasteiger partial charge in [0, 0.05) is 6.04 Å². The maximum absolute atomic E-state index is 11.2. The Morgan fingerprint density at radius 3 is 2.45 bits per heavy atom. The highest BCUT2D eigenvalue weighted by atomic mass is 16.2. The van der Waals surface area contributed by atoms with E-state index in [1.54, 1.807) is 0 Å². The summed E-state index contributed by atoms with van der Waals surface area (Å²) in [5, 5.41) is 3.03. The summed E-state index contributed by atoms with van der Waals surface area (Å²) in [5.74, 6) is 0.769. The van der Waals surface area contributed by atoms with Crippen LogP contribution in [0.25, 0.3) is 0 Å². The number of amides is 1. The SMILES string of the molecule is CC(C)C(C)N1CNCC1=O. The molecule has 0 spiro atoms. The first-order chi connectivity index (χ1) is 5.13. The predicted octanol–water partition coefficient (Wildman–Crippen LogP) is 0.420. The van der Waals surface area contributed by atoms with Gasteiger partial charge in [0.15, 0.2) is 0 Å². The number of carbonyl (C=O) groups is 1. The molecule has 0 aromatic rings. The number of hydrogen-bond donors (Lipinski definition) is 1. The summed E-state index contributed by atoms with van der Waals surface area (Å²) in [6.45, 7) is 7.59. The van der Waals surface area contributed by atoms with Gasteiger partial charge in [-0.3, -0.25) is 10.1 Å². The third kappa shape index (κ3) is 1.71. The molecule has 0 radical (unpaired) electrons. The van der Waals surface area contributed by atoms with Crippen LogP contribution in [0, 0.1) is 5.92 Å². The molecule has 0 bridgehead atoms. The first-order valence-electron chi connectivity index (χ1n) is 4.13. The molecule has 64 valence electrons. The minimum absolute atomic E-state index is 0.228. The Bertz CT molecular complexity index is 156. The number of nitrogens with one attached hydrogen (secondary N) is 1. The lowest BCUT2D eigenvalue weighted by Gasteiger charge is -2.26. The Morgan fingerprint density at radius 2 is 2.09 bits per heavy atom. The minimum atomic E-state index is 0.228. The van der Waals surface area contributed by atoms with Crippen molar-refractivity contribution >= 4 is 5.91 Å². The average molecular weight is 156 g/mol. The number of nitrogens with zero attached hydrogens (tertiary/aromatic N) is 1. The lowest BCUT2D eigenvalue weighted by Crippen LogP contribution is -2.38. The molecule has 1 aliphatic heterocycles. The van der Waals surface area contributed by atoms with E-state index in [4.69, 9.17) is 0 Å². The molecule has 11 heavy (non-hydrogen) atoms. The van der Waals surface area contributed by atoms with Crippen LogP contribution < -0.4 is 5.32 Å². The molecule has 1 saturated heterocycles. The summed E-state index contributed by atoms with van der Waals surface area (Å²) in [4.78, 5) is 13.1. The zero-order valence-electron chi connectivity index (χ0n) is 7.42. The summed E-state index contributed by atoms with van der Waals surface area (Å²) in [5.41, 5.74) is 0. The zero-order valence-corrected chi connectivity index (χ0v) is 7.42. The van der Waals surface area contributed by atoms with Gasteiger partial charge in [0.2, 0.25) is 5.91 Å². The summed E-state index contributed by atoms with van der Waals surface area (Å²) in [6.07, 6.45) is 0. The molecule has 1 heterocycles. The van der Waals surface area contributed by atoms with Crippen LogP contribution >= 0.6 is 0 Å². The maximum Gasteiger partial charge on any atom is 0.237 e. The van der Waals surface area contributed by atoms with Gasteiger partial charge in [-0.1, -0.05) is 13.8 Å². The molecule has 1 rings (SSSR count). The van der Waals surface area contributed by atoms with Crippen LogP contribution in [0.15, 0.2) is 0 Å². The van der Waals surface area contributed by atoms with Crippen molar-refractivity contribution in [3.63, 3.8) is 0 Å². The highest BCUT2D eigenvalue weighted by Gasteiger charge is 2.25. The molecule has 1 aliphatic rings. The average Bonchev–Trinajstić information content (AvgIpc) is 2.33. The molecular formula is C8H16N2O. The monoisotopic (exact) mass is 156 g/mol.